The Balaban J connectivity index is 2.40. The van der Waals surface area contributed by atoms with E-state index in [0.29, 0.717) is 6.42 Å². The molecule has 0 aliphatic carbocycles. The maximum absolute atomic E-state index is 11.8. The van der Waals surface area contributed by atoms with Crippen molar-refractivity contribution in [2.75, 3.05) is 0 Å². The Labute approximate surface area is 157 Å². The molecule has 0 saturated heterocycles. The van der Waals surface area contributed by atoms with Crippen molar-refractivity contribution in [3.63, 3.8) is 0 Å². The monoisotopic (exact) mass is 362 g/mol. The molecule has 0 atom stereocenters. The highest BCUT2D eigenvalue weighted by molar-refractivity contribution is 5.98. The third-order valence-corrected chi connectivity index (χ3v) is 5.12. The van der Waals surface area contributed by atoms with Gasteiger partial charge in [0.1, 0.15) is 0 Å². The first kappa shape index (κ1) is 22.2. The van der Waals surface area contributed by atoms with Gasteiger partial charge < -0.3 is 10.2 Å². The van der Waals surface area contributed by atoms with Crippen molar-refractivity contribution < 1.29 is 19.8 Å². The first-order chi connectivity index (χ1) is 12.5. The van der Waals surface area contributed by atoms with Gasteiger partial charge in [0.15, 0.2) is 5.41 Å². The predicted molar refractivity (Wildman–Crippen MR) is 104 cm³/mol. The van der Waals surface area contributed by atoms with Gasteiger partial charge in [-0.1, -0.05) is 101 Å². The zero-order valence-electron chi connectivity index (χ0n) is 16.1. The Morgan fingerprint density at radius 1 is 0.769 bits per heavy atom. The molecule has 0 amide bonds. The molecule has 0 saturated carbocycles. The van der Waals surface area contributed by atoms with Crippen LogP contribution in [0, 0.1) is 5.41 Å². The molecule has 1 rings (SSSR count). The van der Waals surface area contributed by atoms with Crippen molar-refractivity contribution in [1.82, 2.24) is 0 Å². The quantitative estimate of drug-likeness (QED) is 0.310. The maximum Gasteiger partial charge on any atom is 0.321 e. The van der Waals surface area contributed by atoms with Crippen molar-refractivity contribution in [3.8, 4) is 0 Å². The summed E-state index contributed by atoms with van der Waals surface area (Å²) in [4.78, 5) is 23.6. The molecule has 146 valence electrons. The summed E-state index contributed by atoms with van der Waals surface area (Å²) in [5, 5.41) is 19.2. The fourth-order valence-corrected chi connectivity index (χ4v) is 3.40. The highest BCUT2D eigenvalue weighted by Crippen LogP contribution is 2.31. The second kappa shape index (κ2) is 12.5. The average Bonchev–Trinajstić information content (AvgIpc) is 2.62. The first-order valence-corrected chi connectivity index (χ1v) is 10.0. The molecule has 0 heterocycles. The zero-order chi connectivity index (χ0) is 19.3. The molecular weight excluding hydrogens is 328 g/mol. The minimum atomic E-state index is -1.72. The zero-order valence-corrected chi connectivity index (χ0v) is 16.1. The van der Waals surface area contributed by atoms with Gasteiger partial charge in [-0.15, -0.1) is 0 Å². The molecule has 2 N–H and O–H groups in total. The number of benzene rings is 1. The summed E-state index contributed by atoms with van der Waals surface area (Å²) < 4.78 is 0. The van der Waals surface area contributed by atoms with E-state index >= 15 is 0 Å². The lowest BCUT2D eigenvalue weighted by atomic mass is 9.77. The molecule has 0 radical (unpaired) electrons. The lowest BCUT2D eigenvalue weighted by molar-refractivity contribution is -0.165. The Kier molecular flexibility index (Phi) is 10.7. The molecule has 0 spiro atoms. The maximum atomic E-state index is 11.8. The minimum Gasteiger partial charge on any atom is -0.480 e. The van der Waals surface area contributed by atoms with E-state index in [9.17, 15) is 19.8 Å². The Morgan fingerprint density at radius 3 is 1.69 bits per heavy atom. The van der Waals surface area contributed by atoms with Crippen LogP contribution in [0.2, 0.25) is 0 Å². The smallest absolute Gasteiger partial charge is 0.321 e. The van der Waals surface area contributed by atoms with Crippen LogP contribution in [-0.4, -0.2) is 22.2 Å². The van der Waals surface area contributed by atoms with Crippen molar-refractivity contribution >= 4 is 11.9 Å². The van der Waals surface area contributed by atoms with Gasteiger partial charge in [0.2, 0.25) is 0 Å². The van der Waals surface area contributed by atoms with Gasteiger partial charge in [-0.3, -0.25) is 9.59 Å². The van der Waals surface area contributed by atoms with Crippen LogP contribution in [0.1, 0.15) is 83.1 Å². The fourth-order valence-electron chi connectivity index (χ4n) is 3.40. The Morgan fingerprint density at radius 2 is 1.23 bits per heavy atom. The van der Waals surface area contributed by atoms with Crippen molar-refractivity contribution in [3.05, 3.63) is 35.9 Å². The van der Waals surface area contributed by atoms with E-state index in [4.69, 9.17) is 0 Å². The van der Waals surface area contributed by atoms with Crippen LogP contribution in [-0.2, 0) is 16.0 Å². The van der Waals surface area contributed by atoms with Gasteiger partial charge in [0.25, 0.3) is 0 Å². The summed E-state index contributed by atoms with van der Waals surface area (Å²) in [7, 11) is 0. The number of rotatable bonds is 15. The van der Waals surface area contributed by atoms with Gasteiger partial charge >= 0.3 is 11.9 Å². The minimum absolute atomic E-state index is 0.0376. The van der Waals surface area contributed by atoms with Gasteiger partial charge in [-0.05, 0) is 18.4 Å². The molecule has 0 aromatic heterocycles. The number of carboxylic acid groups (broad SMARTS) is 2. The Bertz CT molecular complexity index is 510. The largest absolute Gasteiger partial charge is 0.480 e. The van der Waals surface area contributed by atoms with Crippen LogP contribution in [0.5, 0.6) is 0 Å². The van der Waals surface area contributed by atoms with E-state index in [1.807, 2.05) is 18.2 Å². The average molecular weight is 363 g/mol. The highest BCUT2D eigenvalue weighted by atomic mass is 16.4. The second-order valence-electron chi connectivity index (χ2n) is 7.29. The number of unbranched alkanes of at least 4 members (excludes halogenated alkanes) is 9. The van der Waals surface area contributed by atoms with Crippen LogP contribution in [0.3, 0.4) is 0 Å². The third-order valence-electron chi connectivity index (χ3n) is 5.12. The summed E-state index contributed by atoms with van der Waals surface area (Å²) in [5.41, 5.74) is -0.967. The second-order valence-corrected chi connectivity index (χ2v) is 7.29. The molecule has 0 aliphatic rings. The number of carboxylic acids is 2. The lowest BCUT2D eigenvalue weighted by Gasteiger charge is -2.25. The number of hydrogen-bond donors (Lipinski definition) is 2. The number of carbonyl (C=O) groups is 2. The van der Waals surface area contributed by atoms with Crippen LogP contribution in [0.4, 0.5) is 0 Å². The fraction of sp³-hybridized carbons (Fsp3) is 0.636. The first-order valence-electron chi connectivity index (χ1n) is 10.0. The van der Waals surface area contributed by atoms with E-state index in [1.54, 1.807) is 12.1 Å². The van der Waals surface area contributed by atoms with E-state index in [0.717, 1.165) is 24.8 Å². The van der Waals surface area contributed by atoms with E-state index in [1.165, 1.54) is 38.5 Å². The normalized spacial score (nSPS) is 11.4. The molecule has 1 aromatic carbocycles. The van der Waals surface area contributed by atoms with Gasteiger partial charge in [-0.2, -0.15) is 0 Å². The van der Waals surface area contributed by atoms with Gasteiger partial charge in [0, 0.05) is 0 Å². The number of aliphatic carboxylic acids is 2. The SMILES string of the molecule is CCCCCCCCCCCCC(Cc1ccccc1)(C(=O)O)C(=O)O. The van der Waals surface area contributed by atoms with Crippen LogP contribution in [0.15, 0.2) is 30.3 Å². The molecule has 0 bridgehead atoms. The molecule has 0 aliphatic heterocycles. The summed E-state index contributed by atoms with van der Waals surface area (Å²) in [6.45, 7) is 2.21. The van der Waals surface area contributed by atoms with Gasteiger partial charge in [0.05, 0.1) is 0 Å². The van der Waals surface area contributed by atoms with Crippen LogP contribution in [0.25, 0.3) is 0 Å². The number of hydrogen-bond acceptors (Lipinski definition) is 2. The highest BCUT2D eigenvalue weighted by Gasteiger charge is 2.45. The van der Waals surface area contributed by atoms with E-state index < -0.39 is 17.4 Å². The molecule has 0 unspecified atom stereocenters. The molecular formula is C22H34O4. The van der Waals surface area contributed by atoms with Crippen molar-refractivity contribution in [2.24, 2.45) is 5.41 Å². The van der Waals surface area contributed by atoms with E-state index in [-0.39, 0.29) is 12.8 Å². The molecule has 0 fully saturated rings. The molecule has 26 heavy (non-hydrogen) atoms. The molecule has 4 nitrogen and oxygen atoms in total. The lowest BCUT2D eigenvalue weighted by Crippen LogP contribution is -2.41. The van der Waals surface area contributed by atoms with Crippen molar-refractivity contribution in [1.29, 1.82) is 0 Å². The topological polar surface area (TPSA) is 74.6 Å². The summed E-state index contributed by atoms with van der Waals surface area (Å²) in [6.07, 6.45) is 11.6. The Hall–Kier alpha value is -1.84. The van der Waals surface area contributed by atoms with Crippen LogP contribution >= 0.6 is 0 Å². The van der Waals surface area contributed by atoms with Gasteiger partial charge in [-0.25, -0.2) is 0 Å². The predicted octanol–water partition coefficient (Wildman–Crippen LogP) is 5.70. The van der Waals surface area contributed by atoms with Crippen LogP contribution < -0.4 is 0 Å². The van der Waals surface area contributed by atoms with Crippen molar-refractivity contribution in [2.45, 2.75) is 84.0 Å². The summed E-state index contributed by atoms with van der Waals surface area (Å²) >= 11 is 0. The summed E-state index contributed by atoms with van der Waals surface area (Å²) in [5.74, 6) is -2.46. The standard InChI is InChI=1S/C22H34O4/c1-2-3-4-5-6-7-8-9-10-14-17-22(20(23)24,21(25)26)18-19-15-12-11-13-16-19/h11-13,15-16H,2-10,14,17-18H2,1H3,(H,23,24)(H,25,26). The summed E-state index contributed by atoms with van der Waals surface area (Å²) in [6, 6.07) is 9.04. The van der Waals surface area contributed by atoms with E-state index in [2.05, 4.69) is 6.92 Å². The molecule has 4 heteroatoms. The third kappa shape index (κ3) is 7.59. The molecule has 1 aromatic rings.